The average molecular weight is 269 g/mol. The number of anilines is 1. The lowest BCUT2D eigenvalue weighted by atomic mass is 10.1. The minimum absolute atomic E-state index is 0.0547. The van der Waals surface area contributed by atoms with Gasteiger partial charge in [-0.1, -0.05) is 18.7 Å². The molecule has 0 fully saturated rings. The summed E-state index contributed by atoms with van der Waals surface area (Å²) in [7, 11) is 1.92. The highest BCUT2D eigenvalue weighted by Crippen LogP contribution is 2.28. The van der Waals surface area contributed by atoms with Gasteiger partial charge in [0.2, 0.25) is 0 Å². The quantitative estimate of drug-likeness (QED) is 0.780. The Morgan fingerprint density at radius 1 is 1.20 bits per heavy atom. The zero-order chi connectivity index (χ0) is 14.9. The molecule has 3 nitrogen and oxygen atoms in total. The lowest BCUT2D eigenvalue weighted by Gasteiger charge is -2.23. The third-order valence-corrected chi connectivity index (χ3v) is 3.41. The van der Waals surface area contributed by atoms with Crippen molar-refractivity contribution in [3.63, 3.8) is 0 Å². The number of rotatable bonds is 4. The van der Waals surface area contributed by atoms with Gasteiger partial charge in [-0.15, -0.1) is 0 Å². The zero-order valence-corrected chi connectivity index (χ0v) is 12.4. The molecule has 0 aliphatic rings. The molecule has 0 atom stereocenters. The van der Waals surface area contributed by atoms with Gasteiger partial charge in [0.15, 0.2) is 5.78 Å². The first-order chi connectivity index (χ1) is 9.40. The van der Waals surface area contributed by atoms with E-state index in [1.165, 1.54) is 0 Å². The van der Waals surface area contributed by atoms with Crippen molar-refractivity contribution >= 4 is 17.2 Å². The van der Waals surface area contributed by atoms with Gasteiger partial charge in [-0.25, -0.2) is 0 Å². The summed E-state index contributed by atoms with van der Waals surface area (Å²) in [4.78, 5) is 13.5. The molecule has 104 valence electrons. The first kappa shape index (κ1) is 14.1. The Hall–Kier alpha value is -2.29. The van der Waals surface area contributed by atoms with E-state index >= 15 is 0 Å². The van der Waals surface area contributed by atoms with Crippen LogP contribution >= 0.6 is 0 Å². The number of carbonyl (C=O) groups is 1. The molecule has 2 aromatic rings. The summed E-state index contributed by atoms with van der Waals surface area (Å²) in [6, 6.07) is 9.49. The van der Waals surface area contributed by atoms with E-state index in [0.29, 0.717) is 5.56 Å². The summed E-state index contributed by atoms with van der Waals surface area (Å²) >= 11 is 0. The van der Waals surface area contributed by atoms with E-state index < -0.39 is 0 Å². The Balaban J connectivity index is 2.37. The Bertz CT molecular complexity index is 667. The summed E-state index contributed by atoms with van der Waals surface area (Å²) in [5.41, 5.74) is 3.50. The summed E-state index contributed by atoms with van der Waals surface area (Å²) in [5, 5.41) is 0. The van der Waals surface area contributed by atoms with Crippen LogP contribution in [-0.2, 0) is 0 Å². The fourth-order valence-corrected chi connectivity index (χ4v) is 2.09. The maximum Gasteiger partial charge on any atom is 0.159 e. The van der Waals surface area contributed by atoms with E-state index in [0.717, 1.165) is 28.5 Å². The normalized spacial score (nSPS) is 10.4. The van der Waals surface area contributed by atoms with Crippen LogP contribution in [0.2, 0.25) is 0 Å². The second kappa shape index (κ2) is 5.37. The van der Waals surface area contributed by atoms with Gasteiger partial charge in [0, 0.05) is 18.3 Å². The van der Waals surface area contributed by atoms with Gasteiger partial charge in [-0.3, -0.25) is 4.79 Å². The van der Waals surface area contributed by atoms with Crippen LogP contribution in [0.5, 0.6) is 0 Å². The smallest absolute Gasteiger partial charge is 0.159 e. The Morgan fingerprint density at radius 2 is 1.90 bits per heavy atom. The van der Waals surface area contributed by atoms with E-state index in [2.05, 4.69) is 6.58 Å². The first-order valence-electron chi connectivity index (χ1n) is 6.51. The van der Waals surface area contributed by atoms with Gasteiger partial charge in [0.25, 0.3) is 0 Å². The van der Waals surface area contributed by atoms with Gasteiger partial charge in [-0.05, 0) is 44.5 Å². The highest BCUT2D eigenvalue weighted by atomic mass is 16.3. The first-order valence-corrected chi connectivity index (χ1v) is 6.51. The summed E-state index contributed by atoms with van der Waals surface area (Å²) in [6.07, 6.45) is 0. The van der Waals surface area contributed by atoms with Crippen molar-refractivity contribution in [2.45, 2.75) is 20.8 Å². The predicted molar refractivity (Wildman–Crippen MR) is 82.1 cm³/mol. The minimum atomic E-state index is 0.0547. The molecular weight excluding hydrogens is 250 g/mol. The molecule has 0 radical (unpaired) electrons. The standard InChI is InChI=1S/C17H19NO2/c1-11-6-8-15(14(4)19)10-16(11)18(5)13(3)17-9-7-12(2)20-17/h6-10H,3H2,1-2,4-5H3. The summed E-state index contributed by atoms with van der Waals surface area (Å²) in [6.45, 7) is 9.56. The molecule has 0 N–H and O–H groups in total. The lowest BCUT2D eigenvalue weighted by molar-refractivity contribution is 0.101. The molecule has 0 aliphatic carbocycles. The van der Waals surface area contributed by atoms with Gasteiger partial charge >= 0.3 is 0 Å². The molecule has 0 spiro atoms. The van der Waals surface area contributed by atoms with Crippen LogP contribution in [0.3, 0.4) is 0 Å². The molecule has 1 aromatic heterocycles. The van der Waals surface area contributed by atoms with Crippen molar-refractivity contribution < 1.29 is 9.21 Å². The Labute approximate surface area is 119 Å². The third-order valence-electron chi connectivity index (χ3n) is 3.41. The average Bonchev–Trinajstić information content (AvgIpc) is 2.84. The van der Waals surface area contributed by atoms with Gasteiger partial charge < -0.3 is 9.32 Å². The molecule has 0 saturated carbocycles. The van der Waals surface area contributed by atoms with Crippen LogP contribution in [0.25, 0.3) is 5.70 Å². The number of nitrogens with zero attached hydrogens (tertiary/aromatic N) is 1. The van der Waals surface area contributed by atoms with Crippen molar-refractivity contribution in [3.8, 4) is 0 Å². The molecule has 0 bridgehead atoms. The number of hydrogen-bond acceptors (Lipinski definition) is 3. The minimum Gasteiger partial charge on any atom is -0.460 e. The summed E-state index contributed by atoms with van der Waals surface area (Å²) < 4.78 is 5.60. The highest BCUT2D eigenvalue weighted by Gasteiger charge is 2.14. The maximum atomic E-state index is 11.5. The van der Waals surface area contributed by atoms with E-state index in [1.54, 1.807) is 6.92 Å². The van der Waals surface area contributed by atoms with Crippen molar-refractivity contribution in [1.29, 1.82) is 0 Å². The number of ketones is 1. The number of hydrogen-bond donors (Lipinski definition) is 0. The second-order valence-corrected chi connectivity index (χ2v) is 4.97. The second-order valence-electron chi connectivity index (χ2n) is 4.97. The van der Waals surface area contributed by atoms with Crippen LogP contribution in [0.15, 0.2) is 41.3 Å². The third kappa shape index (κ3) is 2.67. The molecule has 20 heavy (non-hydrogen) atoms. The number of aryl methyl sites for hydroxylation is 2. The van der Waals surface area contributed by atoms with Crippen molar-refractivity contribution in [3.05, 3.63) is 59.6 Å². The SMILES string of the molecule is C=C(c1ccc(C)o1)N(C)c1cc(C(C)=O)ccc1C. The Morgan fingerprint density at radius 3 is 2.45 bits per heavy atom. The number of furan rings is 1. The monoisotopic (exact) mass is 269 g/mol. The molecule has 3 heteroatoms. The van der Waals surface area contributed by atoms with Crippen LogP contribution in [-0.4, -0.2) is 12.8 Å². The van der Waals surface area contributed by atoms with Crippen molar-refractivity contribution in [2.24, 2.45) is 0 Å². The van der Waals surface area contributed by atoms with E-state index in [9.17, 15) is 4.79 Å². The maximum absolute atomic E-state index is 11.5. The van der Waals surface area contributed by atoms with Crippen LogP contribution in [0.4, 0.5) is 5.69 Å². The van der Waals surface area contributed by atoms with E-state index in [4.69, 9.17) is 4.42 Å². The summed E-state index contributed by atoms with van der Waals surface area (Å²) in [5.74, 6) is 1.64. The molecular formula is C17H19NO2. The zero-order valence-electron chi connectivity index (χ0n) is 12.4. The van der Waals surface area contributed by atoms with Gasteiger partial charge in [0.1, 0.15) is 11.5 Å². The van der Waals surface area contributed by atoms with Gasteiger partial charge in [-0.2, -0.15) is 0 Å². The van der Waals surface area contributed by atoms with E-state index in [1.807, 2.05) is 56.1 Å². The largest absolute Gasteiger partial charge is 0.460 e. The van der Waals surface area contributed by atoms with Crippen LogP contribution in [0, 0.1) is 13.8 Å². The fourth-order valence-electron chi connectivity index (χ4n) is 2.09. The topological polar surface area (TPSA) is 33.5 Å². The number of carbonyl (C=O) groups excluding carboxylic acids is 1. The molecule has 0 amide bonds. The fraction of sp³-hybridized carbons (Fsp3) is 0.235. The number of Topliss-reactive ketones (excluding diaryl/α,β-unsaturated/α-hetero) is 1. The highest BCUT2D eigenvalue weighted by molar-refractivity contribution is 5.95. The predicted octanol–water partition coefficient (Wildman–Crippen LogP) is 4.21. The van der Waals surface area contributed by atoms with Crippen LogP contribution < -0.4 is 4.90 Å². The van der Waals surface area contributed by atoms with Crippen molar-refractivity contribution in [1.82, 2.24) is 0 Å². The number of benzene rings is 1. The van der Waals surface area contributed by atoms with Crippen molar-refractivity contribution in [2.75, 3.05) is 11.9 Å². The molecule has 0 saturated heterocycles. The van der Waals surface area contributed by atoms with E-state index in [-0.39, 0.29) is 5.78 Å². The molecule has 0 unspecified atom stereocenters. The molecule has 2 rings (SSSR count). The van der Waals surface area contributed by atoms with Crippen LogP contribution in [0.1, 0.15) is 34.4 Å². The van der Waals surface area contributed by atoms with Gasteiger partial charge in [0.05, 0.1) is 5.70 Å². The molecule has 0 aliphatic heterocycles. The molecule has 1 heterocycles. The Kier molecular flexibility index (Phi) is 3.79. The lowest BCUT2D eigenvalue weighted by Crippen LogP contribution is -2.16. The molecule has 1 aromatic carbocycles.